The number of ether oxygens (including phenoxy) is 1. The van der Waals surface area contributed by atoms with Gasteiger partial charge in [-0.2, -0.15) is 13.2 Å². The van der Waals surface area contributed by atoms with Gasteiger partial charge in [0.1, 0.15) is 5.75 Å². The van der Waals surface area contributed by atoms with Crippen molar-refractivity contribution in [2.24, 2.45) is 17.8 Å². The smallest absolute Gasteiger partial charge is 0.394 e. The Morgan fingerprint density at radius 3 is 2.70 bits per heavy atom. The molecule has 4 nitrogen and oxygen atoms in total. The van der Waals surface area contributed by atoms with Gasteiger partial charge in [-0.15, -0.1) is 0 Å². The third kappa shape index (κ3) is 4.64. The molecule has 1 aromatic carbocycles. The molecule has 0 spiro atoms. The number of hydrogen-bond acceptors (Lipinski definition) is 3. The first kappa shape index (κ1) is 19.7. The van der Waals surface area contributed by atoms with Crippen LogP contribution in [0, 0.1) is 17.8 Å². The number of carboxylic acid groups (broad SMARTS) is 1. The van der Waals surface area contributed by atoms with E-state index in [1.54, 1.807) is 6.07 Å². The van der Waals surface area contributed by atoms with Crippen molar-refractivity contribution >= 4 is 12.0 Å². The van der Waals surface area contributed by atoms with Crippen LogP contribution in [0.5, 0.6) is 5.75 Å². The van der Waals surface area contributed by atoms with Crippen LogP contribution in [0.2, 0.25) is 0 Å². The Labute approximate surface area is 156 Å². The first-order valence-corrected chi connectivity index (χ1v) is 9.11. The highest BCUT2D eigenvalue weighted by atomic mass is 19.4. The molecule has 2 aliphatic rings. The van der Waals surface area contributed by atoms with Crippen LogP contribution >= 0.6 is 0 Å². The van der Waals surface area contributed by atoms with Crippen LogP contribution in [0.1, 0.15) is 25.0 Å². The van der Waals surface area contributed by atoms with Crippen LogP contribution in [0.3, 0.4) is 0 Å². The lowest BCUT2D eigenvalue weighted by Gasteiger charge is -2.38. The summed E-state index contributed by atoms with van der Waals surface area (Å²) in [5.41, 5.74) is 3.37. The zero-order valence-corrected chi connectivity index (χ0v) is 15.4. The fourth-order valence-corrected chi connectivity index (χ4v) is 3.42. The minimum atomic E-state index is -4.25. The van der Waals surface area contributed by atoms with Gasteiger partial charge in [0.2, 0.25) is 0 Å². The average Bonchev–Trinajstić information content (AvgIpc) is 2.54. The number of aliphatic carboxylic acids is 1. The number of alkyl halides is 3. The molecule has 0 aromatic heterocycles. The van der Waals surface area contributed by atoms with E-state index in [9.17, 15) is 18.0 Å². The topological polar surface area (TPSA) is 49.8 Å². The fourth-order valence-electron chi connectivity index (χ4n) is 3.42. The van der Waals surface area contributed by atoms with Gasteiger partial charge in [0.25, 0.3) is 0 Å². The Morgan fingerprint density at radius 1 is 1.37 bits per heavy atom. The molecule has 1 aliphatic carbocycles. The molecule has 1 aliphatic heterocycles. The van der Waals surface area contributed by atoms with Crippen molar-refractivity contribution in [3.63, 3.8) is 0 Å². The second kappa shape index (κ2) is 7.54. The van der Waals surface area contributed by atoms with E-state index in [2.05, 4.69) is 17.9 Å². The maximum Gasteiger partial charge on any atom is 0.394 e. The molecular formula is C20H24F3NO3. The Bertz CT molecular complexity index is 738. The third-order valence-electron chi connectivity index (χ3n) is 5.39. The van der Waals surface area contributed by atoms with E-state index >= 15 is 0 Å². The molecule has 148 valence electrons. The summed E-state index contributed by atoms with van der Waals surface area (Å²) in [7, 11) is 0. The maximum absolute atomic E-state index is 12.6. The SMILES string of the molecule is C[C@@H]1Cc2cc(OC[C@H](C)C(F)(F)F)ccc2C=C1CN1CC(C(=O)O)C1. The van der Waals surface area contributed by atoms with E-state index in [1.165, 1.54) is 5.57 Å². The molecule has 0 bridgehead atoms. The van der Waals surface area contributed by atoms with E-state index in [4.69, 9.17) is 9.84 Å². The van der Waals surface area contributed by atoms with Gasteiger partial charge in [0, 0.05) is 19.6 Å². The number of carboxylic acids is 1. The van der Waals surface area contributed by atoms with E-state index < -0.39 is 24.7 Å². The highest BCUT2D eigenvalue weighted by Gasteiger charge is 2.36. The minimum absolute atomic E-state index is 0.268. The lowest BCUT2D eigenvalue weighted by Crippen LogP contribution is -2.51. The van der Waals surface area contributed by atoms with Gasteiger partial charge < -0.3 is 9.84 Å². The predicted octanol–water partition coefficient (Wildman–Crippen LogP) is 3.86. The van der Waals surface area contributed by atoms with Crippen LogP contribution in [-0.4, -0.2) is 48.4 Å². The van der Waals surface area contributed by atoms with Crippen LogP contribution in [0.15, 0.2) is 23.8 Å². The molecule has 0 radical (unpaired) electrons. The average molecular weight is 383 g/mol. The summed E-state index contributed by atoms with van der Waals surface area (Å²) >= 11 is 0. The first-order valence-electron chi connectivity index (χ1n) is 9.11. The highest BCUT2D eigenvalue weighted by molar-refractivity contribution is 5.71. The molecule has 0 amide bonds. The van der Waals surface area contributed by atoms with Crippen LogP contribution < -0.4 is 4.74 Å². The van der Waals surface area contributed by atoms with Crippen LogP contribution in [-0.2, 0) is 11.2 Å². The van der Waals surface area contributed by atoms with Gasteiger partial charge >= 0.3 is 12.1 Å². The summed E-state index contributed by atoms with van der Waals surface area (Å²) in [5.74, 6) is -1.76. The number of fused-ring (bicyclic) bond motifs is 1. The molecule has 1 fully saturated rings. The molecule has 1 saturated heterocycles. The Kier molecular flexibility index (Phi) is 5.51. The number of halogens is 3. The summed E-state index contributed by atoms with van der Waals surface area (Å²) in [6.45, 7) is 4.75. The third-order valence-corrected chi connectivity index (χ3v) is 5.39. The van der Waals surface area contributed by atoms with Gasteiger partial charge in [0.15, 0.2) is 0 Å². The Balaban J connectivity index is 1.62. The normalized spacial score (nSPS) is 21.8. The van der Waals surface area contributed by atoms with Crippen molar-refractivity contribution < 1.29 is 27.8 Å². The van der Waals surface area contributed by atoms with Crippen LogP contribution in [0.25, 0.3) is 6.08 Å². The Hall–Kier alpha value is -2.02. The second-order valence-electron chi connectivity index (χ2n) is 7.67. The van der Waals surface area contributed by atoms with Crippen LogP contribution in [0.4, 0.5) is 13.2 Å². The quantitative estimate of drug-likeness (QED) is 0.811. The van der Waals surface area contributed by atoms with E-state index in [0.717, 1.165) is 31.0 Å². The van der Waals surface area contributed by atoms with Crippen molar-refractivity contribution in [2.45, 2.75) is 26.4 Å². The molecule has 1 heterocycles. The molecule has 0 saturated carbocycles. The summed E-state index contributed by atoms with van der Waals surface area (Å²) in [4.78, 5) is 13.0. The van der Waals surface area contributed by atoms with Crippen molar-refractivity contribution in [3.8, 4) is 5.75 Å². The fraction of sp³-hybridized carbons (Fsp3) is 0.550. The molecule has 27 heavy (non-hydrogen) atoms. The molecular weight excluding hydrogens is 359 g/mol. The monoisotopic (exact) mass is 383 g/mol. The number of benzene rings is 1. The van der Waals surface area contributed by atoms with E-state index in [0.29, 0.717) is 24.8 Å². The summed E-state index contributed by atoms with van der Waals surface area (Å²) in [6, 6.07) is 5.41. The molecule has 3 rings (SSSR count). The van der Waals surface area contributed by atoms with Crippen molar-refractivity contribution in [2.75, 3.05) is 26.2 Å². The van der Waals surface area contributed by atoms with Gasteiger partial charge in [-0.25, -0.2) is 0 Å². The summed E-state index contributed by atoms with van der Waals surface area (Å²) in [6.07, 6.45) is -1.35. The lowest BCUT2D eigenvalue weighted by atomic mass is 9.83. The highest BCUT2D eigenvalue weighted by Crippen LogP contribution is 2.33. The predicted molar refractivity (Wildman–Crippen MR) is 95.6 cm³/mol. The van der Waals surface area contributed by atoms with Crippen molar-refractivity contribution in [1.29, 1.82) is 0 Å². The maximum atomic E-state index is 12.6. The zero-order valence-electron chi connectivity index (χ0n) is 15.4. The number of nitrogens with zero attached hydrogens (tertiary/aromatic N) is 1. The van der Waals surface area contributed by atoms with E-state index in [-0.39, 0.29) is 5.92 Å². The number of rotatable bonds is 6. The molecule has 0 unspecified atom stereocenters. The van der Waals surface area contributed by atoms with Gasteiger partial charge in [-0.3, -0.25) is 9.69 Å². The first-order chi connectivity index (χ1) is 12.6. The van der Waals surface area contributed by atoms with Crippen molar-refractivity contribution in [1.82, 2.24) is 4.90 Å². The number of carbonyl (C=O) groups is 1. The number of hydrogen-bond donors (Lipinski definition) is 1. The Morgan fingerprint density at radius 2 is 2.07 bits per heavy atom. The lowest BCUT2D eigenvalue weighted by molar-refractivity contribution is -0.176. The molecule has 7 heteroatoms. The standard InChI is InChI=1S/C20H24F3NO3/c1-12-5-15-7-18(27-11-13(2)20(21,22)23)4-3-14(15)6-16(12)8-24-9-17(10-24)19(25)26/h3-4,6-7,12-13,17H,5,8-11H2,1-2H3,(H,25,26)/t12-,13+/m1/s1. The molecule has 2 atom stereocenters. The van der Waals surface area contributed by atoms with E-state index in [1.807, 2.05) is 12.1 Å². The minimum Gasteiger partial charge on any atom is -0.493 e. The zero-order chi connectivity index (χ0) is 19.8. The molecule has 1 N–H and O–H groups in total. The van der Waals surface area contributed by atoms with Gasteiger partial charge in [0.05, 0.1) is 18.4 Å². The largest absolute Gasteiger partial charge is 0.493 e. The van der Waals surface area contributed by atoms with Crippen molar-refractivity contribution in [3.05, 3.63) is 34.9 Å². The van der Waals surface area contributed by atoms with Gasteiger partial charge in [-0.1, -0.05) is 31.6 Å². The van der Waals surface area contributed by atoms with Gasteiger partial charge in [-0.05, 0) is 35.6 Å². The summed E-state index contributed by atoms with van der Waals surface area (Å²) < 4.78 is 43.1. The molecule has 1 aromatic rings. The number of likely N-dealkylation sites (tertiary alicyclic amines) is 1. The summed E-state index contributed by atoms with van der Waals surface area (Å²) in [5, 5.41) is 8.97. The second-order valence-corrected chi connectivity index (χ2v) is 7.67.